The van der Waals surface area contributed by atoms with Gasteiger partial charge in [-0.15, -0.1) is 11.3 Å². The minimum atomic E-state index is -0.246. The molecular weight excluding hydrogens is 393 g/mol. The van der Waals surface area contributed by atoms with Gasteiger partial charge >= 0.3 is 0 Å². The minimum absolute atomic E-state index is 0.00581. The number of nitrogens with zero attached hydrogens (tertiary/aromatic N) is 2. The van der Waals surface area contributed by atoms with Crippen LogP contribution >= 0.6 is 11.3 Å². The summed E-state index contributed by atoms with van der Waals surface area (Å²) in [5.41, 5.74) is 0.835. The van der Waals surface area contributed by atoms with Crippen molar-refractivity contribution in [2.45, 2.75) is 37.4 Å². The summed E-state index contributed by atoms with van der Waals surface area (Å²) in [7, 11) is 1.72. The SMILES string of the molecule is CO[C@H]1CN(CC(=O)Nc2ncc(Cc3ccc(F)cc3)s2)CC[C@@]12CCCO2. The number of carbonyl (C=O) groups excluding carboxylic acids is 1. The lowest BCUT2D eigenvalue weighted by atomic mass is 9.86. The van der Waals surface area contributed by atoms with Crippen LogP contribution in [0, 0.1) is 5.82 Å². The first-order valence-corrected chi connectivity index (χ1v) is 10.8. The number of halogens is 1. The second-order valence-electron chi connectivity index (χ2n) is 7.71. The number of aromatic nitrogens is 1. The first-order chi connectivity index (χ1) is 14.1. The number of likely N-dealkylation sites (tertiary alicyclic amines) is 1. The van der Waals surface area contributed by atoms with Gasteiger partial charge in [0.15, 0.2) is 5.13 Å². The Morgan fingerprint density at radius 2 is 2.24 bits per heavy atom. The summed E-state index contributed by atoms with van der Waals surface area (Å²) in [6, 6.07) is 6.42. The van der Waals surface area contributed by atoms with Crippen molar-refractivity contribution in [1.29, 1.82) is 0 Å². The van der Waals surface area contributed by atoms with Gasteiger partial charge in [0.1, 0.15) is 5.82 Å². The number of hydrogen-bond acceptors (Lipinski definition) is 6. The van der Waals surface area contributed by atoms with E-state index in [4.69, 9.17) is 9.47 Å². The number of anilines is 1. The van der Waals surface area contributed by atoms with Crippen molar-refractivity contribution in [1.82, 2.24) is 9.88 Å². The highest BCUT2D eigenvalue weighted by Gasteiger charge is 2.46. The van der Waals surface area contributed by atoms with Gasteiger partial charge in [-0.05, 0) is 37.0 Å². The Kier molecular flexibility index (Phi) is 6.24. The maximum absolute atomic E-state index is 13.0. The largest absolute Gasteiger partial charge is 0.377 e. The van der Waals surface area contributed by atoms with Gasteiger partial charge in [0.2, 0.25) is 5.91 Å². The molecule has 0 radical (unpaired) electrons. The molecule has 6 nitrogen and oxygen atoms in total. The van der Waals surface area contributed by atoms with Gasteiger partial charge in [-0.25, -0.2) is 9.37 Å². The Morgan fingerprint density at radius 1 is 1.41 bits per heavy atom. The van der Waals surface area contributed by atoms with Gasteiger partial charge in [-0.2, -0.15) is 0 Å². The summed E-state index contributed by atoms with van der Waals surface area (Å²) in [6.07, 6.45) is 5.41. The summed E-state index contributed by atoms with van der Waals surface area (Å²) < 4.78 is 24.7. The predicted molar refractivity (Wildman–Crippen MR) is 110 cm³/mol. The van der Waals surface area contributed by atoms with Crippen LogP contribution in [0.15, 0.2) is 30.5 Å². The molecule has 2 aliphatic rings. The third-order valence-corrected chi connectivity index (χ3v) is 6.65. The lowest BCUT2D eigenvalue weighted by Gasteiger charge is -2.44. The molecular formula is C21H26FN3O3S. The fourth-order valence-electron chi connectivity index (χ4n) is 4.22. The molecule has 1 spiro atoms. The summed E-state index contributed by atoms with van der Waals surface area (Å²) in [5.74, 6) is -0.323. The molecule has 1 aromatic carbocycles. The molecule has 2 atom stereocenters. The molecule has 1 aromatic heterocycles. The van der Waals surface area contributed by atoms with Crippen molar-refractivity contribution in [3.8, 4) is 0 Å². The van der Waals surface area contributed by atoms with Crippen molar-refractivity contribution in [2.24, 2.45) is 0 Å². The lowest BCUT2D eigenvalue weighted by Crippen LogP contribution is -2.57. The maximum atomic E-state index is 13.0. The number of rotatable bonds is 6. The second-order valence-corrected chi connectivity index (χ2v) is 8.82. The van der Waals surface area contributed by atoms with Crippen LogP contribution in [-0.2, 0) is 20.7 Å². The van der Waals surface area contributed by atoms with E-state index in [0.29, 0.717) is 24.6 Å². The standard InChI is InChI=1S/C21H26FN3O3S/c1-27-18-13-25(9-8-21(18)7-2-10-28-21)14-19(26)24-20-23-12-17(29-20)11-15-3-5-16(22)6-4-15/h3-6,12,18H,2,7-11,13-14H2,1H3,(H,23,24,26)/t18-,21-/m0/s1. The van der Waals surface area contributed by atoms with Gasteiger partial charge < -0.3 is 14.8 Å². The number of piperidine rings is 1. The Hall–Kier alpha value is -1.87. The summed E-state index contributed by atoms with van der Waals surface area (Å²) in [4.78, 5) is 19.9. The Morgan fingerprint density at radius 3 is 2.97 bits per heavy atom. The number of thiazole rings is 1. The van der Waals surface area contributed by atoms with E-state index in [1.54, 1.807) is 25.4 Å². The zero-order valence-corrected chi connectivity index (χ0v) is 17.3. The topological polar surface area (TPSA) is 63.7 Å². The zero-order valence-electron chi connectivity index (χ0n) is 16.5. The van der Waals surface area contributed by atoms with E-state index in [2.05, 4.69) is 15.2 Å². The Balaban J connectivity index is 1.29. The number of ether oxygens (including phenoxy) is 2. The molecule has 2 aliphatic heterocycles. The van der Waals surface area contributed by atoms with Gasteiger partial charge in [0.05, 0.1) is 18.2 Å². The number of methoxy groups -OCH3 is 1. The molecule has 2 aromatic rings. The number of benzene rings is 1. The molecule has 29 heavy (non-hydrogen) atoms. The maximum Gasteiger partial charge on any atom is 0.240 e. The third kappa shape index (κ3) is 4.83. The zero-order chi connectivity index (χ0) is 20.3. The number of nitrogens with one attached hydrogen (secondary N) is 1. The minimum Gasteiger partial charge on any atom is -0.377 e. The van der Waals surface area contributed by atoms with Gasteiger partial charge in [0, 0.05) is 44.3 Å². The van der Waals surface area contributed by atoms with Crippen molar-refractivity contribution < 1.29 is 18.7 Å². The highest BCUT2D eigenvalue weighted by atomic mass is 32.1. The van der Waals surface area contributed by atoms with Crippen LogP contribution in [0.25, 0.3) is 0 Å². The smallest absolute Gasteiger partial charge is 0.240 e. The lowest BCUT2D eigenvalue weighted by molar-refractivity contribution is -0.145. The predicted octanol–water partition coefficient (Wildman–Crippen LogP) is 3.08. The van der Waals surface area contributed by atoms with E-state index >= 15 is 0 Å². The molecule has 0 aliphatic carbocycles. The molecule has 1 amide bonds. The average molecular weight is 420 g/mol. The Bertz CT molecular complexity index is 836. The van der Waals surface area contributed by atoms with E-state index in [9.17, 15) is 9.18 Å². The highest BCUT2D eigenvalue weighted by Crippen LogP contribution is 2.37. The van der Waals surface area contributed by atoms with Crippen molar-refractivity contribution in [3.63, 3.8) is 0 Å². The molecule has 156 valence electrons. The summed E-state index contributed by atoms with van der Waals surface area (Å²) in [5, 5.41) is 3.48. The van der Waals surface area contributed by atoms with Crippen LogP contribution in [-0.4, -0.2) is 60.8 Å². The Labute approximate surface area is 174 Å². The molecule has 0 saturated carbocycles. The van der Waals surface area contributed by atoms with Crippen molar-refractivity contribution in [2.75, 3.05) is 38.7 Å². The van der Waals surface area contributed by atoms with Crippen molar-refractivity contribution in [3.05, 3.63) is 46.7 Å². The van der Waals surface area contributed by atoms with Crippen molar-refractivity contribution >= 4 is 22.4 Å². The van der Waals surface area contributed by atoms with Crippen LogP contribution in [0.2, 0.25) is 0 Å². The van der Waals surface area contributed by atoms with Gasteiger partial charge in [-0.3, -0.25) is 9.69 Å². The second kappa shape index (κ2) is 8.87. The highest BCUT2D eigenvalue weighted by molar-refractivity contribution is 7.15. The number of amides is 1. The summed E-state index contributed by atoms with van der Waals surface area (Å²) in [6.45, 7) is 2.62. The molecule has 3 heterocycles. The fraction of sp³-hybridized carbons (Fsp3) is 0.524. The molecule has 0 bridgehead atoms. The van der Waals surface area contributed by atoms with Crippen LogP contribution in [0.5, 0.6) is 0 Å². The molecule has 2 fully saturated rings. The monoisotopic (exact) mass is 419 g/mol. The normalized spacial score (nSPS) is 24.8. The number of carbonyl (C=O) groups is 1. The van der Waals surface area contributed by atoms with Crippen LogP contribution in [0.4, 0.5) is 9.52 Å². The fourth-order valence-corrected chi connectivity index (χ4v) is 5.08. The number of hydrogen-bond donors (Lipinski definition) is 1. The van der Waals surface area contributed by atoms with Crippen LogP contribution < -0.4 is 5.32 Å². The van der Waals surface area contributed by atoms with E-state index in [0.717, 1.165) is 42.9 Å². The van der Waals surface area contributed by atoms with Crippen LogP contribution in [0.1, 0.15) is 29.7 Å². The van der Waals surface area contributed by atoms with Crippen LogP contribution in [0.3, 0.4) is 0 Å². The summed E-state index contributed by atoms with van der Waals surface area (Å²) >= 11 is 1.44. The molecule has 0 unspecified atom stereocenters. The van der Waals surface area contributed by atoms with E-state index in [1.165, 1.54) is 23.5 Å². The van der Waals surface area contributed by atoms with E-state index in [-0.39, 0.29) is 23.4 Å². The van der Waals surface area contributed by atoms with E-state index < -0.39 is 0 Å². The first kappa shape index (κ1) is 20.4. The van der Waals surface area contributed by atoms with E-state index in [1.807, 2.05) is 0 Å². The quantitative estimate of drug-likeness (QED) is 0.780. The first-order valence-electron chi connectivity index (χ1n) is 9.94. The third-order valence-electron chi connectivity index (χ3n) is 5.74. The average Bonchev–Trinajstić information content (AvgIpc) is 3.35. The molecule has 8 heteroatoms. The molecule has 1 N–H and O–H groups in total. The molecule has 4 rings (SSSR count). The van der Waals surface area contributed by atoms with Gasteiger partial charge in [0.25, 0.3) is 0 Å². The van der Waals surface area contributed by atoms with Gasteiger partial charge in [-0.1, -0.05) is 12.1 Å². The molecule has 2 saturated heterocycles.